The molecule has 3 atom stereocenters. The lowest BCUT2D eigenvalue weighted by Gasteiger charge is -2.46. The summed E-state index contributed by atoms with van der Waals surface area (Å²) in [5.41, 5.74) is 0.0552. The predicted molar refractivity (Wildman–Crippen MR) is 152 cm³/mol. The van der Waals surface area contributed by atoms with Crippen molar-refractivity contribution < 1.29 is 54.2 Å². The molecule has 47 heavy (non-hydrogen) atoms. The van der Waals surface area contributed by atoms with Gasteiger partial charge in [-0.05, 0) is 67.3 Å². The lowest BCUT2D eigenvalue weighted by Crippen LogP contribution is -2.61. The van der Waals surface area contributed by atoms with E-state index in [9.17, 15) is 49.4 Å². The molecule has 2 aromatic carbocycles. The summed E-state index contributed by atoms with van der Waals surface area (Å²) in [4.78, 5) is 21.8. The highest BCUT2D eigenvalue weighted by Gasteiger charge is 2.47. The van der Waals surface area contributed by atoms with Gasteiger partial charge in [0.05, 0.1) is 46.1 Å². The average molecular weight is 680 g/mol. The van der Waals surface area contributed by atoms with E-state index < -0.39 is 71.0 Å². The monoisotopic (exact) mass is 679 g/mol. The summed E-state index contributed by atoms with van der Waals surface area (Å²) >= 11 is 0. The molecule has 0 bridgehead atoms. The van der Waals surface area contributed by atoms with Gasteiger partial charge >= 0.3 is 24.6 Å². The van der Waals surface area contributed by atoms with Gasteiger partial charge in [0.15, 0.2) is 0 Å². The minimum atomic E-state index is -5.11. The summed E-state index contributed by atoms with van der Waals surface area (Å²) in [6.07, 6.45) is -16.6. The van der Waals surface area contributed by atoms with Crippen LogP contribution in [0.1, 0.15) is 71.9 Å². The van der Waals surface area contributed by atoms with E-state index in [4.69, 9.17) is 10.5 Å². The smallest absolute Gasteiger partial charge is 0.416 e. The zero-order chi connectivity index (χ0) is 35.1. The number of nitrogens with one attached hydrogen (secondary N) is 1. The van der Waals surface area contributed by atoms with Gasteiger partial charge in [0.2, 0.25) is 0 Å². The van der Waals surface area contributed by atoms with Gasteiger partial charge in [-0.25, -0.2) is 14.8 Å². The molecular weight excluding hydrogens is 649 g/mol. The number of anilines is 2. The molecule has 0 saturated carbocycles. The first-order valence-electron chi connectivity index (χ1n) is 14.1. The number of nitrogens with zero attached hydrogens (tertiary/aromatic N) is 3. The second kappa shape index (κ2) is 12.8. The van der Waals surface area contributed by atoms with Crippen LogP contribution in [-0.2, 0) is 29.7 Å². The van der Waals surface area contributed by atoms with Crippen molar-refractivity contribution in [3.63, 3.8) is 0 Å². The Hall–Kier alpha value is -4.12. The molecule has 0 fully saturated rings. The van der Waals surface area contributed by atoms with E-state index in [-0.39, 0.29) is 53.9 Å². The Morgan fingerprint density at radius 3 is 2.15 bits per heavy atom. The molecule has 17 heteroatoms. The molecule has 1 unspecified atom stereocenters. The molecular formula is C30H30F9N5O3. The molecule has 1 aliphatic rings. The number of carboxylic acid groups (broad SMARTS) is 1. The third-order valence-electron chi connectivity index (χ3n) is 7.98. The third-order valence-corrected chi connectivity index (χ3v) is 7.98. The second-order valence-corrected chi connectivity index (χ2v) is 11.2. The number of fused-ring (bicyclic) bond motifs is 1. The second-order valence-electron chi connectivity index (χ2n) is 11.2. The van der Waals surface area contributed by atoms with Crippen LogP contribution in [0.15, 0.2) is 42.6 Å². The minimum absolute atomic E-state index is 0.00862. The van der Waals surface area contributed by atoms with Crippen molar-refractivity contribution in [2.75, 3.05) is 23.9 Å². The largest absolute Gasteiger partial charge is 0.465 e. The van der Waals surface area contributed by atoms with Crippen LogP contribution < -0.4 is 16.0 Å². The number of amides is 1. The highest BCUT2D eigenvalue weighted by molar-refractivity contribution is 5.90. The summed E-state index contributed by atoms with van der Waals surface area (Å²) in [5.74, 6) is -1.31. The zero-order valence-corrected chi connectivity index (χ0v) is 25.1. The number of benzene rings is 2. The maximum atomic E-state index is 13.8. The number of hydrogen-bond donors (Lipinski definition) is 3. The zero-order valence-electron chi connectivity index (χ0n) is 25.1. The Morgan fingerprint density at radius 2 is 1.64 bits per heavy atom. The molecule has 1 aliphatic heterocycles. The normalized spacial score (nSPS) is 19.3. The maximum Gasteiger partial charge on any atom is 0.416 e. The van der Waals surface area contributed by atoms with Crippen molar-refractivity contribution in [1.82, 2.24) is 9.97 Å². The average Bonchev–Trinajstić information content (AvgIpc) is 2.97. The Labute approximate surface area is 262 Å². The fraction of sp³-hybridized carbons (Fsp3) is 0.433. The van der Waals surface area contributed by atoms with Gasteiger partial charge < -0.3 is 20.9 Å². The molecule has 256 valence electrons. The van der Waals surface area contributed by atoms with Crippen molar-refractivity contribution in [2.24, 2.45) is 5.73 Å². The van der Waals surface area contributed by atoms with Crippen molar-refractivity contribution in [3.05, 3.63) is 81.9 Å². The number of ether oxygens (including phenoxy) is 1. The number of nitrogens with two attached hydrogens (primary N) is 1. The van der Waals surface area contributed by atoms with Crippen LogP contribution in [0.3, 0.4) is 0 Å². The first-order chi connectivity index (χ1) is 21.7. The van der Waals surface area contributed by atoms with Gasteiger partial charge in [-0.2, -0.15) is 39.5 Å². The van der Waals surface area contributed by atoms with E-state index in [1.54, 1.807) is 13.8 Å². The Kier molecular flexibility index (Phi) is 9.75. The molecule has 1 amide bonds. The van der Waals surface area contributed by atoms with Gasteiger partial charge in [0.1, 0.15) is 11.5 Å². The van der Waals surface area contributed by atoms with Crippen LogP contribution in [0, 0.1) is 0 Å². The van der Waals surface area contributed by atoms with Crippen LogP contribution in [0.4, 0.5) is 55.7 Å². The van der Waals surface area contributed by atoms with E-state index in [0.717, 1.165) is 17.0 Å². The minimum Gasteiger partial charge on any atom is -0.465 e. The summed E-state index contributed by atoms with van der Waals surface area (Å²) < 4.78 is 128. The fourth-order valence-corrected chi connectivity index (χ4v) is 5.37. The molecule has 0 aliphatic carbocycles. The molecule has 3 aromatic rings. The first-order valence-corrected chi connectivity index (χ1v) is 14.1. The number of halogens is 9. The topological polar surface area (TPSA) is 114 Å². The molecule has 2 heterocycles. The van der Waals surface area contributed by atoms with Crippen LogP contribution in [-0.4, -0.2) is 46.6 Å². The van der Waals surface area contributed by atoms with Crippen molar-refractivity contribution in [3.8, 4) is 0 Å². The summed E-state index contributed by atoms with van der Waals surface area (Å²) in [6.45, 7) is 3.38. The molecule has 4 rings (SSSR count). The summed E-state index contributed by atoms with van der Waals surface area (Å²) in [7, 11) is 1.41. The Bertz CT molecular complexity index is 1600. The molecule has 1 aromatic heterocycles. The number of rotatable bonds is 8. The summed E-state index contributed by atoms with van der Waals surface area (Å²) in [5, 5.41) is 12.9. The van der Waals surface area contributed by atoms with E-state index in [1.165, 1.54) is 13.3 Å². The third kappa shape index (κ3) is 7.72. The standard InChI is InChI=1S/C30H30F9N5O3/c1-4-27(40)12-21(20-11-17(28(31,32)33)5-6-24(20)44(27)26(45)46)25-42-14-23(41-13-15(2)47-3)22(43-25)9-16-7-18(29(34,35)36)10-19(8-16)30(37,38)39/h5-8,10-11,14-15,21,41H,4,9,12-13,40H2,1-3H3,(H,45,46)/t15?,21-,27+/m0/s1. The van der Waals surface area contributed by atoms with Crippen molar-refractivity contribution in [2.45, 2.75) is 69.3 Å². The van der Waals surface area contributed by atoms with Crippen molar-refractivity contribution in [1.29, 1.82) is 0 Å². The number of aromatic nitrogens is 2. The van der Waals surface area contributed by atoms with E-state index in [1.807, 2.05) is 0 Å². The van der Waals surface area contributed by atoms with Gasteiger partial charge in [-0.3, -0.25) is 4.90 Å². The number of methoxy groups -OCH3 is 1. The van der Waals surface area contributed by atoms with Gasteiger partial charge in [0.25, 0.3) is 0 Å². The maximum absolute atomic E-state index is 13.8. The van der Waals surface area contributed by atoms with Crippen LogP contribution in [0.25, 0.3) is 0 Å². The highest BCUT2D eigenvalue weighted by Crippen LogP contribution is 2.47. The fourth-order valence-electron chi connectivity index (χ4n) is 5.37. The molecule has 8 nitrogen and oxygen atoms in total. The first kappa shape index (κ1) is 35.7. The van der Waals surface area contributed by atoms with Crippen LogP contribution in [0.2, 0.25) is 0 Å². The lowest BCUT2D eigenvalue weighted by molar-refractivity contribution is -0.143. The predicted octanol–water partition coefficient (Wildman–Crippen LogP) is 7.66. The Morgan fingerprint density at radius 1 is 1.04 bits per heavy atom. The van der Waals surface area contributed by atoms with Gasteiger partial charge in [-0.15, -0.1) is 0 Å². The summed E-state index contributed by atoms with van der Waals surface area (Å²) in [6, 6.07) is 3.53. The highest BCUT2D eigenvalue weighted by atomic mass is 19.4. The van der Waals surface area contributed by atoms with Crippen LogP contribution in [0.5, 0.6) is 0 Å². The van der Waals surface area contributed by atoms with Gasteiger partial charge in [0, 0.05) is 26.0 Å². The molecule has 4 N–H and O–H groups in total. The molecule has 0 saturated heterocycles. The Balaban J connectivity index is 1.92. The number of hydrogen-bond acceptors (Lipinski definition) is 6. The van der Waals surface area contributed by atoms with E-state index >= 15 is 0 Å². The van der Waals surface area contributed by atoms with Crippen molar-refractivity contribution >= 4 is 17.5 Å². The SMILES string of the molecule is CC[C@]1(N)C[C@H](c2ncc(NCC(C)OC)c(Cc3cc(C(F)(F)F)cc(C(F)(F)F)c3)n2)c2cc(C(F)(F)F)ccc2N1C(=O)O. The van der Waals surface area contributed by atoms with E-state index in [0.29, 0.717) is 18.2 Å². The lowest BCUT2D eigenvalue weighted by atomic mass is 9.80. The molecule has 0 spiro atoms. The number of carbonyl (C=O) groups is 1. The number of alkyl halides is 9. The quantitative estimate of drug-likeness (QED) is 0.210. The molecule has 0 radical (unpaired) electrons. The van der Waals surface area contributed by atoms with Crippen LogP contribution >= 0.6 is 0 Å². The van der Waals surface area contributed by atoms with E-state index in [2.05, 4.69) is 15.3 Å². The van der Waals surface area contributed by atoms with Gasteiger partial charge in [-0.1, -0.05) is 6.92 Å².